The second-order valence-electron chi connectivity index (χ2n) is 4.82. The minimum absolute atomic E-state index is 0.0895. The van der Waals surface area contributed by atoms with Crippen LogP contribution in [-0.2, 0) is 0 Å². The fourth-order valence-corrected chi connectivity index (χ4v) is 3.65. The van der Waals surface area contributed by atoms with Crippen LogP contribution in [0.4, 0.5) is 0 Å². The van der Waals surface area contributed by atoms with Crippen LogP contribution in [0.3, 0.4) is 0 Å². The Labute approximate surface area is 141 Å². The number of alkyl halides is 1. The second-order valence-corrected chi connectivity index (χ2v) is 6.65. The second kappa shape index (κ2) is 6.20. The van der Waals surface area contributed by atoms with E-state index < -0.39 is 0 Å². The summed E-state index contributed by atoms with van der Waals surface area (Å²) in [4.78, 5) is 0.0895. The Morgan fingerprint density at radius 1 is 0.905 bits per heavy atom. The minimum atomic E-state index is 0.0895. The van der Waals surface area contributed by atoms with Gasteiger partial charge in [-0.05, 0) is 28.5 Å². The third kappa shape index (κ3) is 2.85. The van der Waals surface area contributed by atoms with Crippen LogP contribution in [0.1, 0.15) is 16.0 Å². The lowest BCUT2D eigenvalue weighted by Gasteiger charge is -2.17. The molecule has 0 fully saturated rings. The van der Waals surface area contributed by atoms with Gasteiger partial charge in [-0.25, -0.2) is 0 Å². The number of methoxy groups -OCH3 is 1. The monoisotopic (exact) mass is 404 g/mol. The van der Waals surface area contributed by atoms with Crippen molar-refractivity contribution in [1.82, 2.24) is 0 Å². The Hall–Kier alpha value is -1.32. The Bertz CT molecular complexity index is 778. The first-order chi connectivity index (χ1) is 10.2. The van der Waals surface area contributed by atoms with E-state index in [1.165, 1.54) is 16.3 Å². The van der Waals surface area contributed by atoms with Gasteiger partial charge in [0.05, 0.1) is 11.9 Å². The molecule has 0 aliphatic rings. The summed E-state index contributed by atoms with van der Waals surface area (Å²) in [5.41, 5.74) is 2.37. The van der Waals surface area contributed by atoms with Crippen LogP contribution >= 0.6 is 31.9 Å². The van der Waals surface area contributed by atoms with Gasteiger partial charge in [0, 0.05) is 10.0 Å². The lowest BCUT2D eigenvalue weighted by atomic mass is 9.98. The number of fused-ring (bicyclic) bond motifs is 1. The average molecular weight is 406 g/mol. The molecule has 1 unspecified atom stereocenters. The van der Waals surface area contributed by atoms with E-state index in [0.717, 1.165) is 15.8 Å². The van der Waals surface area contributed by atoms with E-state index in [2.05, 4.69) is 80.4 Å². The highest BCUT2D eigenvalue weighted by Gasteiger charge is 2.17. The third-order valence-corrected chi connectivity index (χ3v) is 5.04. The molecule has 106 valence electrons. The molecule has 0 N–H and O–H groups in total. The first kappa shape index (κ1) is 14.6. The van der Waals surface area contributed by atoms with Crippen molar-refractivity contribution in [3.8, 4) is 5.75 Å². The predicted molar refractivity (Wildman–Crippen MR) is 95.4 cm³/mol. The van der Waals surface area contributed by atoms with Crippen LogP contribution in [0, 0.1) is 0 Å². The molecular weight excluding hydrogens is 392 g/mol. The SMILES string of the molecule is COc1cc(Br)ccc1C(Br)c1cccc2ccccc12. The summed E-state index contributed by atoms with van der Waals surface area (Å²) in [5.74, 6) is 0.874. The normalized spacial score (nSPS) is 12.3. The fraction of sp³-hybridized carbons (Fsp3) is 0.111. The molecule has 3 heteroatoms. The van der Waals surface area contributed by atoms with E-state index >= 15 is 0 Å². The fourth-order valence-electron chi connectivity index (χ4n) is 2.53. The highest BCUT2D eigenvalue weighted by Crippen LogP contribution is 2.40. The largest absolute Gasteiger partial charge is 0.496 e. The maximum Gasteiger partial charge on any atom is 0.124 e. The van der Waals surface area contributed by atoms with E-state index in [1.54, 1.807) is 7.11 Å². The summed E-state index contributed by atoms with van der Waals surface area (Å²) < 4.78 is 6.54. The van der Waals surface area contributed by atoms with E-state index in [0.29, 0.717) is 0 Å². The van der Waals surface area contributed by atoms with Gasteiger partial charge in [0.25, 0.3) is 0 Å². The minimum Gasteiger partial charge on any atom is -0.496 e. The van der Waals surface area contributed by atoms with E-state index in [4.69, 9.17) is 4.74 Å². The molecule has 0 radical (unpaired) electrons. The molecule has 0 bridgehead atoms. The lowest BCUT2D eigenvalue weighted by Crippen LogP contribution is -1.98. The van der Waals surface area contributed by atoms with Crippen LogP contribution in [0.5, 0.6) is 5.75 Å². The summed E-state index contributed by atoms with van der Waals surface area (Å²) in [6.45, 7) is 0. The number of rotatable bonds is 3. The van der Waals surface area contributed by atoms with Gasteiger partial charge in [0.1, 0.15) is 5.75 Å². The molecule has 3 aromatic carbocycles. The maximum atomic E-state index is 5.52. The molecule has 0 aliphatic heterocycles. The van der Waals surface area contributed by atoms with Crippen LogP contribution in [0.25, 0.3) is 10.8 Å². The zero-order chi connectivity index (χ0) is 14.8. The van der Waals surface area contributed by atoms with Crippen molar-refractivity contribution < 1.29 is 4.74 Å². The van der Waals surface area contributed by atoms with Gasteiger partial charge in [-0.2, -0.15) is 0 Å². The molecule has 0 saturated heterocycles. The van der Waals surface area contributed by atoms with E-state index in [1.807, 2.05) is 12.1 Å². The number of hydrogen-bond acceptors (Lipinski definition) is 1. The van der Waals surface area contributed by atoms with Gasteiger partial charge in [-0.1, -0.05) is 80.4 Å². The molecule has 3 aromatic rings. The molecule has 21 heavy (non-hydrogen) atoms. The molecule has 1 atom stereocenters. The van der Waals surface area contributed by atoms with Crippen LogP contribution in [0.15, 0.2) is 65.1 Å². The third-order valence-electron chi connectivity index (χ3n) is 3.56. The van der Waals surface area contributed by atoms with Crippen molar-refractivity contribution in [3.63, 3.8) is 0 Å². The lowest BCUT2D eigenvalue weighted by molar-refractivity contribution is 0.410. The maximum absolute atomic E-state index is 5.52. The summed E-state index contributed by atoms with van der Waals surface area (Å²) in [6, 6.07) is 20.9. The Morgan fingerprint density at radius 3 is 2.48 bits per heavy atom. The molecule has 0 saturated carbocycles. The molecule has 0 heterocycles. The van der Waals surface area contributed by atoms with Crippen molar-refractivity contribution in [2.24, 2.45) is 0 Å². The quantitative estimate of drug-likeness (QED) is 0.478. The van der Waals surface area contributed by atoms with Gasteiger partial charge in [0.2, 0.25) is 0 Å². The van der Waals surface area contributed by atoms with Gasteiger partial charge in [0.15, 0.2) is 0 Å². The Morgan fingerprint density at radius 2 is 1.67 bits per heavy atom. The van der Waals surface area contributed by atoms with Crippen molar-refractivity contribution >= 4 is 42.6 Å². The summed E-state index contributed by atoms with van der Waals surface area (Å²) in [5, 5.41) is 2.50. The zero-order valence-electron chi connectivity index (χ0n) is 11.5. The summed E-state index contributed by atoms with van der Waals surface area (Å²) in [7, 11) is 1.70. The summed E-state index contributed by atoms with van der Waals surface area (Å²) >= 11 is 7.32. The van der Waals surface area contributed by atoms with E-state index in [-0.39, 0.29) is 4.83 Å². The molecule has 3 rings (SSSR count). The zero-order valence-corrected chi connectivity index (χ0v) is 14.7. The summed E-state index contributed by atoms with van der Waals surface area (Å²) in [6.07, 6.45) is 0. The number of halogens is 2. The number of hydrogen-bond donors (Lipinski definition) is 0. The molecule has 0 aliphatic carbocycles. The molecule has 0 aromatic heterocycles. The number of benzene rings is 3. The Balaban J connectivity index is 2.15. The van der Waals surface area contributed by atoms with Crippen LogP contribution in [-0.4, -0.2) is 7.11 Å². The molecule has 1 nitrogen and oxygen atoms in total. The van der Waals surface area contributed by atoms with Crippen molar-refractivity contribution in [3.05, 3.63) is 76.3 Å². The Kier molecular flexibility index (Phi) is 4.32. The molecule has 0 spiro atoms. The standard InChI is InChI=1S/C18H14Br2O/c1-21-17-11-13(19)9-10-16(17)18(20)15-8-4-6-12-5-2-3-7-14(12)15/h2-11,18H,1H3. The van der Waals surface area contributed by atoms with Crippen molar-refractivity contribution in [2.75, 3.05) is 7.11 Å². The molecule has 0 amide bonds. The van der Waals surface area contributed by atoms with Crippen LogP contribution in [0.2, 0.25) is 0 Å². The van der Waals surface area contributed by atoms with Gasteiger partial charge >= 0.3 is 0 Å². The van der Waals surface area contributed by atoms with E-state index in [9.17, 15) is 0 Å². The topological polar surface area (TPSA) is 9.23 Å². The smallest absolute Gasteiger partial charge is 0.124 e. The average Bonchev–Trinajstić information content (AvgIpc) is 2.53. The first-order valence-electron chi connectivity index (χ1n) is 6.66. The highest BCUT2D eigenvalue weighted by molar-refractivity contribution is 9.10. The van der Waals surface area contributed by atoms with Gasteiger partial charge < -0.3 is 4.74 Å². The first-order valence-corrected chi connectivity index (χ1v) is 8.36. The van der Waals surface area contributed by atoms with Gasteiger partial charge in [-0.15, -0.1) is 0 Å². The van der Waals surface area contributed by atoms with Crippen molar-refractivity contribution in [1.29, 1.82) is 0 Å². The van der Waals surface area contributed by atoms with Crippen molar-refractivity contribution in [2.45, 2.75) is 4.83 Å². The van der Waals surface area contributed by atoms with Crippen LogP contribution < -0.4 is 4.74 Å². The predicted octanol–water partition coefficient (Wildman–Crippen LogP) is 6.10. The molecular formula is C18H14Br2O. The van der Waals surface area contributed by atoms with Gasteiger partial charge in [-0.3, -0.25) is 0 Å². The highest BCUT2D eigenvalue weighted by atomic mass is 79.9. The number of ether oxygens (including phenoxy) is 1.